The first kappa shape index (κ1) is 6.73. The first-order chi connectivity index (χ1) is 4.61. The van der Waals surface area contributed by atoms with E-state index in [2.05, 4.69) is 16.7 Å². The van der Waals surface area contributed by atoms with Crippen molar-refractivity contribution in [2.24, 2.45) is 15.8 Å². The zero-order valence-electron chi connectivity index (χ0n) is 5.50. The molecule has 0 aromatic carbocycles. The van der Waals surface area contributed by atoms with Gasteiger partial charge in [-0.05, 0) is 0 Å². The summed E-state index contributed by atoms with van der Waals surface area (Å²) in [6.45, 7) is 3.51. The highest BCUT2D eigenvalue weighted by Gasteiger charge is 2.12. The SMILES string of the molecule is C=C1C(N)=NC(F)=NN1C. The standard InChI is InChI=1S/C5H7FN4/c1-3-4(7)8-5(6)9-10(3)2/h1H2,2H3,(H2,7,8,9). The van der Waals surface area contributed by atoms with Crippen LogP contribution in [0.3, 0.4) is 0 Å². The maximum Gasteiger partial charge on any atom is 0.327 e. The third-order valence-electron chi connectivity index (χ3n) is 1.13. The molecule has 1 heterocycles. The number of rotatable bonds is 0. The first-order valence-electron chi connectivity index (χ1n) is 2.62. The van der Waals surface area contributed by atoms with Crippen molar-refractivity contribution in [3.8, 4) is 0 Å². The molecule has 0 bridgehead atoms. The number of nitrogens with two attached hydrogens (primary N) is 1. The van der Waals surface area contributed by atoms with E-state index in [4.69, 9.17) is 5.73 Å². The van der Waals surface area contributed by atoms with Gasteiger partial charge in [-0.2, -0.15) is 9.38 Å². The molecular weight excluding hydrogens is 135 g/mol. The van der Waals surface area contributed by atoms with Crippen molar-refractivity contribution in [3.63, 3.8) is 0 Å². The molecule has 0 amide bonds. The predicted molar refractivity (Wildman–Crippen MR) is 37.1 cm³/mol. The Hall–Kier alpha value is -1.39. The molecule has 2 N–H and O–H groups in total. The van der Waals surface area contributed by atoms with Crippen LogP contribution in [-0.2, 0) is 0 Å². The Balaban J connectivity index is 2.95. The molecule has 54 valence electrons. The average Bonchev–Trinajstić information content (AvgIpc) is 1.82. The number of hydrogen-bond acceptors (Lipinski definition) is 4. The van der Waals surface area contributed by atoms with Gasteiger partial charge in [0.2, 0.25) is 0 Å². The van der Waals surface area contributed by atoms with Gasteiger partial charge in [-0.25, -0.2) is 0 Å². The minimum Gasteiger partial charge on any atom is -0.382 e. The van der Waals surface area contributed by atoms with E-state index in [0.717, 1.165) is 0 Å². The second-order valence-corrected chi connectivity index (χ2v) is 1.84. The predicted octanol–water partition coefficient (Wildman–Crippen LogP) is 0.0432. The number of nitrogens with zero attached hydrogens (tertiary/aromatic N) is 3. The Kier molecular flexibility index (Phi) is 1.41. The molecule has 0 saturated carbocycles. The van der Waals surface area contributed by atoms with Crippen molar-refractivity contribution < 1.29 is 4.39 Å². The van der Waals surface area contributed by atoms with Crippen molar-refractivity contribution in [1.82, 2.24) is 5.01 Å². The molecule has 1 aliphatic heterocycles. The molecule has 10 heavy (non-hydrogen) atoms. The normalized spacial score (nSPS) is 18.6. The van der Waals surface area contributed by atoms with E-state index >= 15 is 0 Å². The van der Waals surface area contributed by atoms with Crippen molar-refractivity contribution in [2.75, 3.05) is 7.05 Å². The highest BCUT2D eigenvalue weighted by Crippen LogP contribution is 2.05. The lowest BCUT2D eigenvalue weighted by molar-refractivity contribution is 0.451. The summed E-state index contributed by atoms with van der Waals surface area (Å²) in [6.07, 6.45) is -0.840. The molecule has 5 heteroatoms. The summed E-state index contributed by atoms with van der Waals surface area (Å²) in [5, 5.41) is 4.56. The van der Waals surface area contributed by atoms with Gasteiger partial charge >= 0.3 is 6.09 Å². The second-order valence-electron chi connectivity index (χ2n) is 1.84. The summed E-state index contributed by atoms with van der Waals surface area (Å²) in [6, 6.07) is 0. The first-order valence-corrected chi connectivity index (χ1v) is 2.62. The summed E-state index contributed by atoms with van der Waals surface area (Å²) in [5.41, 5.74) is 5.65. The fourth-order valence-electron chi connectivity index (χ4n) is 0.536. The number of hydrogen-bond donors (Lipinski definition) is 1. The smallest absolute Gasteiger partial charge is 0.327 e. The monoisotopic (exact) mass is 142 g/mol. The van der Waals surface area contributed by atoms with Gasteiger partial charge in [0.25, 0.3) is 0 Å². The van der Waals surface area contributed by atoms with E-state index in [-0.39, 0.29) is 5.84 Å². The summed E-state index contributed by atoms with van der Waals surface area (Å²) in [5.74, 6) is 0.0648. The van der Waals surface area contributed by atoms with Gasteiger partial charge in [-0.15, -0.1) is 5.10 Å². The molecule has 0 atom stereocenters. The Morgan fingerprint density at radius 3 is 2.80 bits per heavy atom. The lowest BCUT2D eigenvalue weighted by Gasteiger charge is -2.17. The molecule has 1 rings (SSSR count). The van der Waals surface area contributed by atoms with E-state index in [1.54, 1.807) is 7.05 Å². The lowest BCUT2D eigenvalue weighted by atomic mass is 10.4. The fourth-order valence-corrected chi connectivity index (χ4v) is 0.536. The Morgan fingerprint density at radius 1 is 1.70 bits per heavy atom. The minimum absolute atomic E-state index is 0.0648. The van der Waals surface area contributed by atoms with Gasteiger partial charge in [0.05, 0.1) is 5.70 Å². The highest BCUT2D eigenvalue weighted by atomic mass is 19.1. The zero-order chi connectivity index (χ0) is 7.72. The largest absolute Gasteiger partial charge is 0.382 e. The van der Waals surface area contributed by atoms with Crippen LogP contribution in [0.15, 0.2) is 22.4 Å². The Bertz CT molecular complexity index is 230. The molecule has 0 radical (unpaired) electrons. The molecule has 4 nitrogen and oxygen atoms in total. The molecule has 0 fully saturated rings. The van der Waals surface area contributed by atoms with Crippen LogP contribution < -0.4 is 5.73 Å². The number of halogens is 1. The van der Waals surface area contributed by atoms with E-state index < -0.39 is 6.09 Å². The number of hydrazone groups is 1. The van der Waals surface area contributed by atoms with Crippen molar-refractivity contribution in [1.29, 1.82) is 0 Å². The minimum atomic E-state index is -0.840. The van der Waals surface area contributed by atoms with Crippen LogP contribution in [0.1, 0.15) is 0 Å². The summed E-state index contributed by atoms with van der Waals surface area (Å²) < 4.78 is 12.3. The molecule has 0 aromatic rings. The molecule has 0 aliphatic carbocycles. The van der Waals surface area contributed by atoms with Gasteiger partial charge in [0.1, 0.15) is 0 Å². The summed E-state index contributed by atoms with van der Waals surface area (Å²) >= 11 is 0. The molecule has 0 aromatic heterocycles. The van der Waals surface area contributed by atoms with Crippen LogP contribution in [0, 0.1) is 0 Å². The van der Waals surface area contributed by atoms with Gasteiger partial charge in [0, 0.05) is 7.05 Å². The summed E-state index contributed by atoms with van der Waals surface area (Å²) in [7, 11) is 1.55. The maximum atomic E-state index is 12.3. The fraction of sp³-hybridized carbons (Fsp3) is 0.200. The van der Waals surface area contributed by atoms with Gasteiger partial charge in [-0.3, -0.25) is 5.01 Å². The number of aliphatic imine (C=N–C) groups is 1. The average molecular weight is 142 g/mol. The topological polar surface area (TPSA) is 54.0 Å². The lowest BCUT2D eigenvalue weighted by Crippen LogP contribution is -2.29. The van der Waals surface area contributed by atoms with Crippen molar-refractivity contribution in [3.05, 3.63) is 12.3 Å². The maximum absolute atomic E-state index is 12.3. The van der Waals surface area contributed by atoms with E-state index in [9.17, 15) is 4.39 Å². The van der Waals surface area contributed by atoms with Crippen molar-refractivity contribution >= 4 is 11.9 Å². The molecular formula is C5H7FN4. The quantitative estimate of drug-likeness (QED) is 0.485. The molecule has 1 aliphatic rings. The van der Waals surface area contributed by atoms with Crippen LogP contribution in [0.5, 0.6) is 0 Å². The van der Waals surface area contributed by atoms with Crippen LogP contribution in [0.25, 0.3) is 0 Å². The van der Waals surface area contributed by atoms with Crippen molar-refractivity contribution in [2.45, 2.75) is 0 Å². The number of amidine groups is 2. The van der Waals surface area contributed by atoms with Crippen LogP contribution in [0.4, 0.5) is 4.39 Å². The van der Waals surface area contributed by atoms with Crippen LogP contribution >= 0.6 is 0 Å². The zero-order valence-corrected chi connectivity index (χ0v) is 5.50. The third-order valence-corrected chi connectivity index (χ3v) is 1.13. The molecule has 0 unspecified atom stereocenters. The van der Waals surface area contributed by atoms with Crippen LogP contribution in [-0.4, -0.2) is 24.0 Å². The van der Waals surface area contributed by atoms with E-state index in [0.29, 0.717) is 5.70 Å². The third kappa shape index (κ3) is 0.975. The molecule has 0 saturated heterocycles. The van der Waals surface area contributed by atoms with Crippen LogP contribution in [0.2, 0.25) is 0 Å². The number of likely N-dealkylation sites (N-methyl/N-ethyl adjacent to an activating group) is 1. The Labute approximate surface area is 57.5 Å². The Morgan fingerprint density at radius 2 is 2.30 bits per heavy atom. The highest BCUT2D eigenvalue weighted by molar-refractivity contribution is 6.03. The summed E-state index contributed by atoms with van der Waals surface area (Å²) in [4.78, 5) is 3.25. The van der Waals surface area contributed by atoms with Gasteiger partial charge in [-0.1, -0.05) is 6.58 Å². The van der Waals surface area contributed by atoms with E-state index in [1.165, 1.54) is 5.01 Å². The van der Waals surface area contributed by atoms with Gasteiger partial charge < -0.3 is 5.73 Å². The van der Waals surface area contributed by atoms with E-state index in [1.807, 2.05) is 0 Å². The van der Waals surface area contributed by atoms with Gasteiger partial charge in [0.15, 0.2) is 5.84 Å². The molecule has 0 spiro atoms. The second kappa shape index (κ2) is 2.09.